The van der Waals surface area contributed by atoms with E-state index in [0.717, 1.165) is 6.42 Å². The second-order valence-corrected chi connectivity index (χ2v) is 5.73. The van der Waals surface area contributed by atoms with E-state index < -0.39 is 4.92 Å². The molecule has 0 aliphatic carbocycles. The molecule has 0 saturated carbocycles. The van der Waals surface area contributed by atoms with E-state index in [4.69, 9.17) is 9.47 Å². The summed E-state index contributed by atoms with van der Waals surface area (Å²) < 4.78 is 10.3. The third kappa shape index (κ3) is 4.56. The summed E-state index contributed by atoms with van der Waals surface area (Å²) in [5, 5.41) is 11.1. The smallest absolute Gasteiger partial charge is 0.314 e. The van der Waals surface area contributed by atoms with Gasteiger partial charge in [-0.15, -0.1) is 0 Å². The van der Waals surface area contributed by atoms with Crippen LogP contribution in [0.25, 0.3) is 0 Å². The number of carbonyl (C=O) groups excluding carboxylic acids is 1. The Bertz CT molecular complexity index is 755. The Morgan fingerprint density at radius 2 is 1.88 bits per heavy atom. The van der Waals surface area contributed by atoms with Gasteiger partial charge >= 0.3 is 5.69 Å². The zero-order chi connectivity index (χ0) is 18.4. The van der Waals surface area contributed by atoms with Crippen molar-refractivity contribution in [2.45, 2.75) is 26.2 Å². The van der Waals surface area contributed by atoms with Gasteiger partial charge in [-0.2, -0.15) is 0 Å². The second kappa shape index (κ2) is 8.28. The van der Waals surface area contributed by atoms with Crippen LogP contribution in [0.2, 0.25) is 0 Å². The van der Waals surface area contributed by atoms with Crippen molar-refractivity contribution in [2.24, 2.45) is 0 Å². The van der Waals surface area contributed by atoms with Crippen molar-refractivity contribution >= 4 is 11.5 Å². The highest BCUT2D eigenvalue weighted by atomic mass is 16.6. The quantitative estimate of drug-likeness (QED) is 0.404. The second-order valence-electron chi connectivity index (χ2n) is 5.73. The van der Waals surface area contributed by atoms with Crippen molar-refractivity contribution < 1.29 is 19.2 Å². The van der Waals surface area contributed by atoms with Gasteiger partial charge in [-0.3, -0.25) is 14.9 Å². The van der Waals surface area contributed by atoms with Crippen LogP contribution in [-0.2, 0) is 0 Å². The normalized spacial score (nSPS) is 11.6. The molecule has 0 N–H and O–H groups in total. The molecule has 6 nitrogen and oxygen atoms in total. The lowest BCUT2D eigenvalue weighted by Crippen LogP contribution is -2.12. The standard InChI is InChI=1S/C19H21NO5/c1-4-13(2)14-5-7-15(8-6-14)18(21)12-25-19-10-9-16(24-3)11-17(19)20(22)23/h5-11,13H,4,12H2,1-3H3. The number of methoxy groups -OCH3 is 1. The molecule has 1 atom stereocenters. The maximum Gasteiger partial charge on any atom is 0.314 e. The number of hydrogen-bond donors (Lipinski definition) is 0. The highest BCUT2D eigenvalue weighted by Gasteiger charge is 2.18. The Morgan fingerprint density at radius 1 is 1.20 bits per heavy atom. The number of ether oxygens (including phenoxy) is 2. The SMILES string of the molecule is CCC(C)c1ccc(C(=O)COc2ccc(OC)cc2[N+](=O)[O-])cc1. The van der Waals surface area contributed by atoms with E-state index in [-0.39, 0.29) is 23.8 Å². The Kier molecular flexibility index (Phi) is 6.11. The minimum Gasteiger partial charge on any atom is -0.496 e. The maximum atomic E-state index is 12.3. The van der Waals surface area contributed by atoms with E-state index in [1.165, 1.54) is 24.8 Å². The van der Waals surface area contributed by atoms with Gasteiger partial charge in [0.1, 0.15) is 5.75 Å². The number of rotatable bonds is 8. The summed E-state index contributed by atoms with van der Waals surface area (Å²) in [4.78, 5) is 22.8. The number of nitrogens with zero attached hydrogens (tertiary/aromatic N) is 1. The Balaban J connectivity index is 2.08. The topological polar surface area (TPSA) is 78.7 Å². The van der Waals surface area contributed by atoms with Gasteiger partial charge in [0.2, 0.25) is 0 Å². The molecule has 2 aromatic rings. The predicted octanol–water partition coefficient (Wildman–Crippen LogP) is 4.38. The highest BCUT2D eigenvalue weighted by molar-refractivity contribution is 5.97. The molecule has 6 heteroatoms. The van der Waals surface area contributed by atoms with Crippen molar-refractivity contribution in [3.8, 4) is 11.5 Å². The molecule has 0 spiro atoms. The fraction of sp³-hybridized carbons (Fsp3) is 0.316. The van der Waals surface area contributed by atoms with Crippen molar-refractivity contribution in [3.05, 3.63) is 63.7 Å². The van der Waals surface area contributed by atoms with E-state index in [1.54, 1.807) is 18.2 Å². The molecule has 25 heavy (non-hydrogen) atoms. The molecule has 0 bridgehead atoms. The van der Waals surface area contributed by atoms with E-state index in [9.17, 15) is 14.9 Å². The highest BCUT2D eigenvalue weighted by Crippen LogP contribution is 2.31. The van der Waals surface area contributed by atoms with Gasteiger partial charge in [0.05, 0.1) is 18.1 Å². The predicted molar refractivity (Wildman–Crippen MR) is 94.6 cm³/mol. The van der Waals surface area contributed by atoms with Gasteiger partial charge in [-0.05, 0) is 30.0 Å². The number of benzene rings is 2. The van der Waals surface area contributed by atoms with Crippen LogP contribution < -0.4 is 9.47 Å². The lowest BCUT2D eigenvalue weighted by molar-refractivity contribution is -0.385. The average molecular weight is 343 g/mol. The molecular formula is C19H21NO5. The molecule has 0 heterocycles. The first-order valence-corrected chi connectivity index (χ1v) is 8.04. The third-order valence-corrected chi connectivity index (χ3v) is 4.14. The average Bonchev–Trinajstić information content (AvgIpc) is 2.65. The molecule has 0 aromatic heterocycles. The Hall–Kier alpha value is -2.89. The van der Waals surface area contributed by atoms with E-state index in [1.807, 2.05) is 12.1 Å². The molecule has 0 radical (unpaired) electrons. The van der Waals surface area contributed by atoms with Crippen LogP contribution in [0.1, 0.15) is 42.1 Å². The lowest BCUT2D eigenvalue weighted by atomic mass is 9.97. The molecule has 1 unspecified atom stereocenters. The monoisotopic (exact) mass is 343 g/mol. The molecule has 2 rings (SSSR count). The molecule has 0 saturated heterocycles. The summed E-state index contributed by atoms with van der Waals surface area (Å²) in [6.07, 6.45) is 1.03. The number of carbonyl (C=O) groups is 1. The Labute approximate surface area is 146 Å². The number of hydrogen-bond acceptors (Lipinski definition) is 5. The fourth-order valence-electron chi connectivity index (χ4n) is 2.35. The van der Waals surface area contributed by atoms with Crippen LogP contribution in [0.4, 0.5) is 5.69 Å². The molecule has 0 aliphatic rings. The molecule has 0 amide bonds. The molecule has 132 valence electrons. The van der Waals surface area contributed by atoms with Gasteiger partial charge in [0.25, 0.3) is 0 Å². The van der Waals surface area contributed by atoms with Crippen LogP contribution in [-0.4, -0.2) is 24.4 Å². The number of nitro groups is 1. The van der Waals surface area contributed by atoms with Crippen LogP contribution in [0.15, 0.2) is 42.5 Å². The number of Topliss-reactive ketones (excluding diaryl/α,β-unsaturated/α-hetero) is 1. The number of nitro benzene ring substituents is 1. The molecule has 2 aromatic carbocycles. The fourth-order valence-corrected chi connectivity index (χ4v) is 2.35. The zero-order valence-corrected chi connectivity index (χ0v) is 14.5. The van der Waals surface area contributed by atoms with Crippen LogP contribution in [0.3, 0.4) is 0 Å². The van der Waals surface area contributed by atoms with Gasteiger partial charge < -0.3 is 9.47 Å². The van der Waals surface area contributed by atoms with Crippen LogP contribution >= 0.6 is 0 Å². The van der Waals surface area contributed by atoms with E-state index in [2.05, 4.69) is 13.8 Å². The minimum absolute atomic E-state index is 0.0374. The maximum absolute atomic E-state index is 12.3. The largest absolute Gasteiger partial charge is 0.496 e. The molecular weight excluding hydrogens is 322 g/mol. The molecule has 0 fully saturated rings. The van der Waals surface area contributed by atoms with Crippen molar-refractivity contribution in [1.82, 2.24) is 0 Å². The third-order valence-electron chi connectivity index (χ3n) is 4.14. The summed E-state index contributed by atoms with van der Waals surface area (Å²) in [5.74, 6) is 0.588. The van der Waals surface area contributed by atoms with E-state index in [0.29, 0.717) is 17.2 Å². The molecule has 0 aliphatic heterocycles. The summed E-state index contributed by atoms with van der Waals surface area (Å²) in [6.45, 7) is 3.97. The van der Waals surface area contributed by atoms with Crippen molar-refractivity contribution in [3.63, 3.8) is 0 Å². The van der Waals surface area contributed by atoms with Crippen molar-refractivity contribution in [1.29, 1.82) is 0 Å². The zero-order valence-electron chi connectivity index (χ0n) is 14.5. The van der Waals surface area contributed by atoms with Crippen LogP contribution in [0.5, 0.6) is 11.5 Å². The first-order chi connectivity index (χ1) is 12.0. The van der Waals surface area contributed by atoms with Gasteiger partial charge in [-0.25, -0.2) is 0 Å². The lowest BCUT2D eigenvalue weighted by Gasteiger charge is -2.10. The van der Waals surface area contributed by atoms with Crippen molar-refractivity contribution in [2.75, 3.05) is 13.7 Å². The summed E-state index contributed by atoms with van der Waals surface area (Å²) in [6, 6.07) is 11.6. The van der Waals surface area contributed by atoms with Gasteiger partial charge in [-0.1, -0.05) is 38.1 Å². The first kappa shape index (κ1) is 18.4. The summed E-state index contributed by atoms with van der Waals surface area (Å²) >= 11 is 0. The minimum atomic E-state index is -0.566. The van der Waals surface area contributed by atoms with Gasteiger partial charge in [0, 0.05) is 5.56 Å². The Morgan fingerprint density at radius 3 is 2.44 bits per heavy atom. The van der Waals surface area contributed by atoms with Gasteiger partial charge in [0.15, 0.2) is 18.1 Å². The van der Waals surface area contributed by atoms with Crippen LogP contribution in [0, 0.1) is 10.1 Å². The summed E-state index contributed by atoms with van der Waals surface area (Å²) in [5.41, 5.74) is 1.45. The number of ketones is 1. The summed E-state index contributed by atoms with van der Waals surface area (Å²) in [7, 11) is 1.42. The first-order valence-electron chi connectivity index (χ1n) is 8.04. The van der Waals surface area contributed by atoms with E-state index >= 15 is 0 Å².